The number of nitrogens with zero attached hydrogens (tertiary/aromatic N) is 3. The first-order chi connectivity index (χ1) is 7.75. The molecule has 0 amide bonds. The molecule has 92 valence electrons. The Morgan fingerprint density at radius 2 is 1.76 bits per heavy atom. The lowest BCUT2D eigenvalue weighted by atomic mass is 9.67. The van der Waals surface area contributed by atoms with E-state index in [1.54, 1.807) is 6.20 Å². The highest BCUT2D eigenvalue weighted by molar-refractivity contribution is 6.32. The Balaban J connectivity index is 2.69. The molecule has 17 heavy (non-hydrogen) atoms. The average molecular weight is 252 g/mol. The van der Waals surface area contributed by atoms with Crippen LogP contribution in [0.3, 0.4) is 0 Å². The minimum Gasteiger partial charge on any atom is -0.299 e. The van der Waals surface area contributed by atoms with Crippen LogP contribution < -0.4 is 0 Å². The van der Waals surface area contributed by atoms with Gasteiger partial charge in [-0.15, -0.1) is 0 Å². The lowest BCUT2D eigenvalue weighted by molar-refractivity contribution is 0.218. The van der Waals surface area contributed by atoms with Gasteiger partial charge in [0.15, 0.2) is 10.8 Å². The molecule has 2 rings (SSSR count). The van der Waals surface area contributed by atoms with Crippen molar-refractivity contribution < 1.29 is 0 Å². The van der Waals surface area contributed by atoms with Crippen molar-refractivity contribution in [2.45, 2.75) is 40.0 Å². The van der Waals surface area contributed by atoms with Crippen LogP contribution in [0.4, 0.5) is 0 Å². The van der Waals surface area contributed by atoms with Gasteiger partial charge in [0, 0.05) is 29.7 Å². The van der Waals surface area contributed by atoms with E-state index in [0.29, 0.717) is 5.15 Å². The van der Waals surface area contributed by atoms with Crippen LogP contribution >= 0.6 is 11.6 Å². The van der Waals surface area contributed by atoms with E-state index >= 15 is 0 Å². The maximum Gasteiger partial charge on any atom is 0.175 e. The highest BCUT2D eigenvalue weighted by atomic mass is 35.5. The monoisotopic (exact) mass is 251 g/mol. The lowest BCUT2D eigenvalue weighted by Crippen LogP contribution is -2.35. The molecule has 0 aromatic carbocycles. The van der Waals surface area contributed by atoms with Crippen molar-refractivity contribution in [2.75, 3.05) is 0 Å². The molecular weight excluding hydrogens is 234 g/mol. The molecule has 3 nitrogen and oxygen atoms in total. The van der Waals surface area contributed by atoms with Gasteiger partial charge in [0.2, 0.25) is 0 Å². The van der Waals surface area contributed by atoms with Gasteiger partial charge in [-0.2, -0.15) is 0 Å². The number of rotatable bonds is 1. The number of imidazole rings is 1. The van der Waals surface area contributed by atoms with Gasteiger partial charge in [0.1, 0.15) is 0 Å². The Morgan fingerprint density at radius 3 is 2.35 bits per heavy atom. The van der Waals surface area contributed by atoms with E-state index in [1.165, 1.54) is 0 Å². The topological polar surface area (TPSA) is 30.2 Å². The minimum atomic E-state index is -0.00288. The molecule has 0 unspecified atom stereocenters. The molecule has 0 aliphatic heterocycles. The van der Waals surface area contributed by atoms with E-state index in [4.69, 9.17) is 11.6 Å². The molecule has 0 fully saturated rings. The quantitative estimate of drug-likeness (QED) is 0.774. The average Bonchev–Trinajstić information content (AvgIpc) is 2.61. The van der Waals surface area contributed by atoms with E-state index < -0.39 is 0 Å². The summed E-state index contributed by atoms with van der Waals surface area (Å²) in [6.45, 7) is 11.1. The molecule has 0 bridgehead atoms. The molecule has 0 aliphatic carbocycles. The van der Waals surface area contributed by atoms with Crippen LogP contribution in [0.25, 0.3) is 5.65 Å². The summed E-state index contributed by atoms with van der Waals surface area (Å²) >= 11 is 6.04. The van der Waals surface area contributed by atoms with Gasteiger partial charge in [-0.05, 0) is 5.41 Å². The van der Waals surface area contributed by atoms with Crippen LogP contribution in [0.5, 0.6) is 0 Å². The minimum absolute atomic E-state index is 0.00288. The molecule has 0 N–H and O–H groups in total. The summed E-state index contributed by atoms with van der Waals surface area (Å²) < 4.78 is 2.03. The van der Waals surface area contributed by atoms with Gasteiger partial charge >= 0.3 is 0 Å². The second-order valence-corrected chi connectivity index (χ2v) is 6.29. The highest BCUT2D eigenvalue weighted by Crippen LogP contribution is 2.41. The van der Waals surface area contributed by atoms with Crippen molar-refractivity contribution >= 4 is 17.2 Å². The number of hydrogen-bond donors (Lipinski definition) is 0. The zero-order valence-corrected chi connectivity index (χ0v) is 11.7. The summed E-state index contributed by atoms with van der Waals surface area (Å²) in [6, 6.07) is 0. The maximum atomic E-state index is 6.04. The third-order valence-electron chi connectivity index (χ3n) is 3.90. The first-order valence-corrected chi connectivity index (χ1v) is 6.11. The van der Waals surface area contributed by atoms with Crippen LogP contribution in [0.15, 0.2) is 18.6 Å². The summed E-state index contributed by atoms with van der Waals surface area (Å²) in [4.78, 5) is 8.41. The first-order valence-electron chi connectivity index (χ1n) is 5.73. The fraction of sp³-hybridized carbons (Fsp3) is 0.538. The molecule has 2 aromatic heterocycles. The molecule has 0 saturated carbocycles. The predicted molar refractivity (Wildman–Crippen MR) is 70.5 cm³/mol. The van der Waals surface area contributed by atoms with Gasteiger partial charge in [0.05, 0.1) is 0 Å². The summed E-state index contributed by atoms with van der Waals surface area (Å²) in [7, 11) is 0. The second kappa shape index (κ2) is 3.70. The van der Waals surface area contributed by atoms with Gasteiger partial charge in [-0.25, -0.2) is 9.97 Å². The van der Waals surface area contributed by atoms with Crippen molar-refractivity contribution in [2.24, 2.45) is 5.41 Å². The zero-order chi connectivity index (χ0) is 12.8. The third-order valence-corrected chi connectivity index (χ3v) is 4.17. The Hall–Kier alpha value is -1.09. The van der Waals surface area contributed by atoms with Crippen LogP contribution in [0.1, 0.15) is 40.3 Å². The van der Waals surface area contributed by atoms with E-state index in [9.17, 15) is 0 Å². The number of aromatic nitrogens is 3. The van der Waals surface area contributed by atoms with Crippen LogP contribution in [0, 0.1) is 5.41 Å². The van der Waals surface area contributed by atoms with E-state index in [2.05, 4.69) is 44.6 Å². The molecule has 0 atom stereocenters. The number of halogens is 1. The third kappa shape index (κ3) is 1.82. The normalized spacial score (nSPS) is 13.3. The predicted octanol–water partition coefficient (Wildman–Crippen LogP) is 3.71. The number of hydrogen-bond acceptors (Lipinski definition) is 2. The Kier molecular flexibility index (Phi) is 2.69. The van der Waals surface area contributed by atoms with E-state index in [-0.39, 0.29) is 10.8 Å². The van der Waals surface area contributed by atoms with Gasteiger partial charge in [-0.3, -0.25) is 4.40 Å². The Bertz CT molecular complexity index is 549. The largest absolute Gasteiger partial charge is 0.299 e. The molecule has 0 aliphatic rings. The molecule has 0 saturated heterocycles. The van der Waals surface area contributed by atoms with Crippen molar-refractivity contribution in [1.82, 2.24) is 14.4 Å². The molecule has 2 aromatic rings. The second-order valence-electron chi connectivity index (χ2n) is 5.93. The van der Waals surface area contributed by atoms with Gasteiger partial charge < -0.3 is 0 Å². The summed E-state index contributed by atoms with van der Waals surface area (Å²) in [5, 5.41) is 0.448. The van der Waals surface area contributed by atoms with Crippen molar-refractivity contribution in [1.29, 1.82) is 0 Å². The first kappa shape index (κ1) is 12.4. The number of fused-ring (bicyclic) bond motifs is 1. The Morgan fingerprint density at radius 1 is 1.12 bits per heavy atom. The summed E-state index contributed by atoms with van der Waals surface area (Å²) in [5.74, 6) is 0. The molecular formula is C13H18ClN3. The lowest BCUT2D eigenvalue weighted by Gasteiger charge is -2.38. The highest BCUT2D eigenvalue weighted by Gasteiger charge is 2.36. The van der Waals surface area contributed by atoms with E-state index in [0.717, 1.165) is 11.3 Å². The smallest absolute Gasteiger partial charge is 0.175 e. The van der Waals surface area contributed by atoms with Crippen LogP contribution in [-0.4, -0.2) is 14.4 Å². The van der Waals surface area contributed by atoms with Crippen molar-refractivity contribution in [3.05, 3.63) is 29.4 Å². The molecule has 2 heterocycles. The summed E-state index contributed by atoms with van der Waals surface area (Å²) in [6.07, 6.45) is 5.52. The molecule has 0 radical (unpaired) electrons. The summed E-state index contributed by atoms with van der Waals surface area (Å²) in [5.41, 5.74) is 2.02. The van der Waals surface area contributed by atoms with Crippen molar-refractivity contribution in [3.63, 3.8) is 0 Å². The Labute approximate surface area is 107 Å². The fourth-order valence-electron chi connectivity index (χ4n) is 1.73. The van der Waals surface area contributed by atoms with Crippen LogP contribution in [-0.2, 0) is 5.41 Å². The molecule has 0 spiro atoms. The maximum absolute atomic E-state index is 6.04. The van der Waals surface area contributed by atoms with Crippen LogP contribution in [0.2, 0.25) is 5.15 Å². The SMILES string of the molecule is CC(C)(C)C(C)(C)c1cnc2c(Cl)nccn12. The van der Waals surface area contributed by atoms with Crippen molar-refractivity contribution in [3.8, 4) is 0 Å². The fourth-order valence-corrected chi connectivity index (χ4v) is 1.93. The van der Waals surface area contributed by atoms with Gasteiger partial charge in [-0.1, -0.05) is 46.2 Å². The molecule has 4 heteroatoms. The van der Waals surface area contributed by atoms with E-state index in [1.807, 2.05) is 16.8 Å². The zero-order valence-electron chi connectivity index (χ0n) is 11.0. The standard InChI is InChI=1S/C13H18ClN3/c1-12(2,3)13(4,5)9-8-16-11-10(14)15-6-7-17(9)11/h6-8H,1-5H3. The van der Waals surface area contributed by atoms with Gasteiger partial charge in [0.25, 0.3) is 0 Å².